The van der Waals surface area contributed by atoms with Crippen molar-refractivity contribution in [1.82, 2.24) is 20.1 Å². The molecule has 0 saturated carbocycles. The Labute approximate surface area is 206 Å². The van der Waals surface area contributed by atoms with Crippen molar-refractivity contribution in [2.24, 2.45) is 5.92 Å². The van der Waals surface area contributed by atoms with Crippen LogP contribution in [-0.2, 0) is 16.8 Å². The second-order valence-corrected chi connectivity index (χ2v) is 9.84. The Hall–Kier alpha value is -3.59. The number of likely N-dealkylation sites (tertiary alicyclic amines) is 1. The fourth-order valence-corrected chi connectivity index (χ4v) is 5.80. The maximum Gasteiger partial charge on any atom is 0.325 e. The van der Waals surface area contributed by atoms with Crippen LogP contribution in [0.4, 0.5) is 9.18 Å². The van der Waals surface area contributed by atoms with Crippen molar-refractivity contribution in [3.8, 4) is 0 Å². The number of imide groups is 1. The number of pyridine rings is 1. The fraction of sp³-hybridized carbons (Fsp3) is 0.308. The largest absolute Gasteiger partial charge is 0.339 e. The van der Waals surface area contributed by atoms with Gasteiger partial charge in [0.05, 0.1) is 5.56 Å². The van der Waals surface area contributed by atoms with Gasteiger partial charge in [-0.2, -0.15) is 0 Å². The number of amides is 4. The molecular formula is C26H25FN4O3S. The van der Waals surface area contributed by atoms with Crippen molar-refractivity contribution in [1.29, 1.82) is 0 Å². The van der Waals surface area contributed by atoms with Crippen LogP contribution in [0.5, 0.6) is 0 Å². The third-order valence-corrected chi connectivity index (χ3v) is 7.85. The average molecular weight is 493 g/mol. The lowest BCUT2D eigenvalue weighted by Gasteiger charge is -2.41. The third-order valence-electron chi connectivity index (χ3n) is 6.91. The van der Waals surface area contributed by atoms with Crippen LogP contribution in [0.1, 0.15) is 33.6 Å². The second-order valence-electron chi connectivity index (χ2n) is 8.81. The van der Waals surface area contributed by atoms with Crippen molar-refractivity contribution in [3.05, 3.63) is 88.1 Å². The number of carbonyl (C=O) groups excluding carboxylic acids is 3. The number of hydrogen-bond acceptors (Lipinski definition) is 5. The predicted octanol–water partition coefficient (Wildman–Crippen LogP) is 3.82. The number of benzene rings is 1. The summed E-state index contributed by atoms with van der Waals surface area (Å²) in [6.07, 6.45) is 4.82. The number of nitrogens with one attached hydrogen (secondary N) is 1. The lowest BCUT2D eigenvalue weighted by atomic mass is 9.73. The van der Waals surface area contributed by atoms with Gasteiger partial charge >= 0.3 is 6.03 Å². The van der Waals surface area contributed by atoms with E-state index in [4.69, 9.17) is 0 Å². The molecule has 7 nitrogen and oxygen atoms in total. The van der Waals surface area contributed by atoms with E-state index in [2.05, 4.69) is 10.3 Å². The van der Waals surface area contributed by atoms with E-state index in [1.807, 2.05) is 23.6 Å². The van der Waals surface area contributed by atoms with E-state index in [1.165, 1.54) is 17.0 Å². The molecule has 3 aromatic rings. The summed E-state index contributed by atoms with van der Waals surface area (Å²) in [7, 11) is 0. The monoisotopic (exact) mass is 492 g/mol. The van der Waals surface area contributed by atoms with E-state index < -0.39 is 17.4 Å². The van der Waals surface area contributed by atoms with Crippen LogP contribution >= 0.6 is 11.3 Å². The van der Waals surface area contributed by atoms with Gasteiger partial charge in [-0.05, 0) is 54.8 Å². The van der Waals surface area contributed by atoms with E-state index in [9.17, 15) is 18.8 Å². The summed E-state index contributed by atoms with van der Waals surface area (Å²) in [6.45, 7) is 1.01. The first-order valence-electron chi connectivity index (χ1n) is 11.6. The number of urea groups is 1. The van der Waals surface area contributed by atoms with Gasteiger partial charge in [0.15, 0.2) is 5.54 Å². The average Bonchev–Trinajstić information content (AvgIpc) is 3.50. The third kappa shape index (κ3) is 4.20. The molecule has 2 aliphatic heterocycles. The number of rotatable bonds is 6. The van der Waals surface area contributed by atoms with Gasteiger partial charge in [-0.15, -0.1) is 11.3 Å². The molecular weight excluding hydrogens is 467 g/mol. The van der Waals surface area contributed by atoms with Gasteiger partial charge in [0, 0.05) is 42.5 Å². The van der Waals surface area contributed by atoms with Crippen LogP contribution in [0.15, 0.2) is 66.3 Å². The van der Waals surface area contributed by atoms with Gasteiger partial charge in [-0.25, -0.2) is 9.18 Å². The van der Waals surface area contributed by atoms with Gasteiger partial charge in [0.2, 0.25) is 0 Å². The molecule has 4 heterocycles. The van der Waals surface area contributed by atoms with Gasteiger partial charge in [-0.3, -0.25) is 19.5 Å². The molecule has 1 atom stereocenters. The molecule has 2 fully saturated rings. The SMILES string of the molecule is O=C(c1ccccc1F)N1CCC(C2(c3cccnc3)NC(=O)N(CCc3cccs3)C2=O)CC1. The molecule has 1 N–H and O–H groups in total. The predicted molar refractivity (Wildman–Crippen MR) is 129 cm³/mol. The summed E-state index contributed by atoms with van der Waals surface area (Å²) in [6, 6.07) is 13.0. The molecule has 0 bridgehead atoms. The van der Waals surface area contributed by atoms with E-state index in [1.54, 1.807) is 46.8 Å². The molecule has 4 amide bonds. The summed E-state index contributed by atoms with van der Waals surface area (Å²) in [4.78, 5) is 48.0. The molecule has 9 heteroatoms. The highest BCUT2D eigenvalue weighted by Crippen LogP contribution is 2.41. The van der Waals surface area contributed by atoms with Crippen LogP contribution < -0.4 is 5.32 Å². The number of nitrogens with zero attached hydrogens (tertiary/aromatic N) is 3. The first-order valence-corrected chi connectivity index (χ1v) is 12.5. The summed E-state index contributed by atoms with van der Waals surface area (Å²) in [5, 5.41) is 4.98. The lowest BCUT2D eigenvalue weighted by molar-refractivity contribution is -0.134. The van der Waals surface area contributed by atoms with Crippen molar-refractivity contribution in [3.63, 3.8) is 0 Å². The Morgan fingerprint density at radius 3 is 2.60 bits per heavy atom. The highest BCUT2D eigenvalue weighted by atomic mass is 32.1. The highest BCUT2D eigenvalue weighted by molar-refractivity contribution is 7.09. The van der Waals surface area contributed by atoms with E-state index >= 15 is 0 Å². The molecule has 2 saturated heterocycles. The number of carbonyl (C=O) groups is 3. The Morgan fingerprint density at radius 1 is 1.11 bits per heavy atom. The van der Waals surface area contributed by atoms with Crippen molar-refractivity contribution in [2.75, 3.05) is 19.6 Å². The second kappa shape index (κ2) is 9.58. The number of halogens is 1. The first-order chi connectivity index (χ1) is 17.0. The van der Waals surface area contributed by atoms with E-state index in [0.29, 0.717) is 37.9 Å². The Morgan fingerprint density at radius 2 is 1.91 bits per heavy atom. The van der Waals surface area contributed by atoms with Crippen LogP contribution in [0.25, 0.3) is 0 Å². The number of aromatic nitrogens is 1. The fourth-order valence-electron chi connectivity index (χ4n) is 5.10. The molecule has 5 rings (SSSR count). The zero-order valence-electron chi connectivity index (χ0n) is 19.0. The molecule has 180 valence electrons. The van der Waals surface area contributed by atoms with Crippen LogP contribution in [0.2, 0.25) is 0 Å². The van der Waals surface area contributed by atoms with E-state index in [-0.39, 0.29) is 29.8 Å². The zero-order valence-corrected chi connectivity index (χ0v) is 19.8. The minimum absolute atomic E-state index is 0.0397. The molecule has 2 aliphatic rings. The van der Waals surface area contributed by atoms with Crippen LogP contribution in [-0.4, -0.2) is 52.3 Å². The smallest absolute Gasteiger partial charge is 0.325 e. The summed E-state index contributed by atoms with van der Waals surface area (Å²) >= 11 is 1.59. The lowest BCUT2D eigenvalue weighted by Crippen LogP contribution is -2.54. The van der Waals surface area contributed by atoms with Gasteiger partial charge in [0.25, 0.3) is 11.8 Å². The topological polar surface area (TPSA) is 82.6 Å². The van der Waals surface area contributed by atoms with Crippen LogP contribution in [0.3, 0.4) is 0 Å². The van der Waals surface area contributed by atoms with Gasteiger partial charge < -0.3 is 10.2 Å². The maximum atomic E-state index is 14.2. The minimum atomic E-state index is -1.24. The van der Waals surface area contributed by atoms with Crippen LogP contribution in [0, 0.1) is 11.7 Å². The molecule has 2 aromatic heterocycles. The molecule has 35 heavy (non-hydrogen) atoms. The molecule has 0 spiro atoms. The molecule has 1 unspecified atom stereocenters. The normalized spacial score (nSPS) is 20.8. The number of piperidine rings is 1. The Kier molecular flexibility index (Phi) is 6.34. The Balaban J connectivity index is 1.38. The first kappa shape index (κ1) is 23.2. The quantitative estimate of drug-likeness (QED) is 0.531. The molecule has 0 radical (unpaired) electrons. The Bertz CT molecular complexity index is 1230. The van der Waals surface area contributed by atoms with Crippen molar-refractivity contribution < 1.29 is 18.8 Å². The highest BCUT2D eigenvalue weighted by Gasteiger charge is 2.57. The number of hydrogen-bond donors (Lipinski definition) is 1. The van der Waals surface area contributed by atoms with Gasteiger partial charge in [-0.1, -0.05) is 24.3 Å². The van der Waals surface area contributed by atoms with Gasteiger partial charge in [0.1, 0.15) is 5.82 Å². The zero-order chi connectivity index (χ0) is 24.4. The minimum Gasteiger partial charge on any atom is -0.339 e. The number of thiophene rings is 1. The molecule has 0 aliphatic carbocycles. The summed E-state index contributed by atoms with van der Waals surface area (Å²) < 4.78 is 14.2. The molecule has 1 aromatic carbocycles. The summed E-state index contributed by atoms with van der Waals surface area (Å²) in [5.41, 5.74) is -0.567. The van der Waals surface area contributed by atoms with Crippen molar-refractivity contribution in [2.45, 2.75) is 24.8 Å². The summed E-state index contributed by atoms with van der Waals surface area (Å²) in [5.74, 6) is -1.44. The standard InChI is InChI=1S/C26H25FN4O3S/c27-22-8-2-1-7-21(22)23(32)30-13-9-18(10-14-30)26(19-5-3-12-28-17-19)24(33)31(25(34)29-26)15-11-20-6-4-16-35-20/h1-8,12,16-18H,9-11,13-15H2,(H,29,34). The maximum absolute atomic E-state index is 14.2. The van der Waals surface area contributed by atoms with E-state index in [0.717, 1.165) is 4.88 Å². The van der Waals surface area contributed by atoms with Crippen molar-refractivity contribution >= 4 is 29.2 Å².